The number of benzene rings is 1. The van der Waals surface area contributed by atoms with Crippen molar-refractivity contribution in [1.29, 1.82) is 0 Å². The van der Waals surface area contributed by atoms with Crippen LogP contribution in [0, 0.1) is 0 Å². The van der Waals surface area contributed by atoms with Crippen molar-refractivity contribution in [2.45, 2.75) is 32.2 Å². The van der Waals surface area contributed by atoms with Crippen LogP contribution in [0.3, 0.4) is 0 Å². The van der Waals surface area contributed by atoms with Crippen LogP contribution in [-0.4, -0.2) is 42.6 Å². The standard InChI is InChI=1S/C16H19NO4/c1-2-20-16(19)13-4-3-8-17(13)15(18)12-5-6-14-11(10-12)7-9-21-14/h5-6,10,13H,2-4,7-9H2,1H3. The fourth-order valence-electron chi connectivity index (χ4n) is 2.98. The van der Waals surface area contributed by atoms with E-state index in [1.165, 1.54) is 0 Å². The van der Waals surface area contributed by atoms with Gasteiger partial charge in [-0.3, -0.25) is 4.79 Å². The Hall–Kier alpha value is -2.04. The van der Waals surface area contributed by atoms with E-state index in [4.69, 9.17) is 9.47 Å². The molecule has 2 heterocycles. The molecule has 3 rings (SSSR count). The van der Waals surface area contributed by atoms with Crippen molar-refractivity contribution in [2.24, 2.45) is 0 Å². The van der Waals surface area contributed by atoms with Gasteiger partial charge in [-0.25, -0.2) is 4.79 Å². The van der Waals surface area contributed by atoms with Gasteiger partial charge in [0.05, 0.1) is 13.2 Å². The van der Waals surface area contributed by atoms with E-state index in [9.17, 15) is 9.59 Å². The summed E-state index contributed by atoms with van der Waals surface area (Å²) in [7, 11) is 0. The lowest BCUT2D eigenvalue weighted by atomic mass is 10.1. The third-order valence-electron chi connectivity index (χ3n) is 4.01. The van der Waals surface area contributed by atoms with Crippen LogP contribution in [0.25, 0.3) is 0 Å². The number of carbonyl (C=O) groups is 2. The second kappa shape index (κ2) is 5.76. The normalized spacial score (nSPS) is 20.0. The van der Waals surface area contributed by atoms with E-state index >= 15 is 0 Å². The maximum Gasteiger partial charge on any atom is 0.328 e. The predicted octanol–water partition coefficient (Wildman–Crippen LogP) is 1.79. The molecule has 1 saturated heterocycles. The van der Waals surface area contributed by atoms with E-state index in [0.717, 1.165) is 24.2 Å². The highest BCUT2D eigenvalue weighted by Crippen LogP contribution is 2.28. The summed E-state index contributed by atoms with van der Waals surface area (Å²) in [6, 6.07) is 5.05. The zero-order valence-corrected chi connectivity index (χ0v) is 12.1. The molecule has 0 bridgehead atoms. The number of hydrogen-bond acceptors (Lipinski definition) is 4. The number of fused-ring (bicyclic) bond motifs is 1. The number of rotatable bonds is 3. The van der Waals surface area contributed by atoms with E-state index in [2.05, 4.69) is 0 Å². The van der Waals surface area contributed by atoms with E-state index in [1.807, 2.05) is 12.1 Å². The Balaban J connectivity index is 1.79. The number of ether oxygens (including phenoxy) is 2. The highest BCUT2D eigenvalue weighted by molar-refractivity contribution is 5.97. The molecule has 2 aliphatic heterocycles. The zero-order valence-electron chi connectivity index (χ0n) is 12.1. The Bertz CT molecular complexity index is 569. The molecule has 0 aromatic heterocycles. The monoisotopic (exact) mass is 289 g/mol. The van der Waals surface area contributed by atoms with Crippen molar-refractivity contribution in [3.05, 3.63) is 29.3 Å². The minimum Gasteiger partial charge on any atom is -0.493 e. The van der Waals surface area contributed by atoms with E-state index in [-0.39, 0.29) is 11.9 Å². The molecule has 5 nitrogen and oxygen atoms in total. The third kappa shape index (κ3) is 2.60. The van der Waals surface area contributed by atoms with E-state index in [0.29, 0.717) is 31.7 Å². The third-order valence-corrected chi connectivity index (χ3v) is 4.01. The van der Waals surface area contributed by atoms with Crippen LogP contribution in [0.4, 0.5) is 0 Å². The van der Waals surface area contributed by atoms with Gasteiger partial charge >= 0.3 is 5.97 Å². The van der Waals surface area contributed by atoms with Crippen LogP contribution in [0.15, 0.2) is 18.2 Å². The number of likely N-dealkylation sites (tertiary alicyclic amines) is 1. The van der Waals surface area contributed by atoms with Crippen LogP contribution < -0.4 is 4.74 Å². The average molecular weight is 289 g/mol. The van der Waals surface area contributed by atoms with Crippen molar-refractivity contribution < 1.29 is 19.1 Å². The van der Waals surface area contributed by atoms with Gasteiger partial charge in [0.1, 0.15) is 11.8 Å². The summed E-state index contributed by atoms with van der Waals surface area (Å²) in [6.07, 6.45) is 2.35. The van der Waals surface area contributed by atoms with Gasteiger partial charge in [0.25, 0.3) is 5.91 Å². The molecule has 1 unspecified atom stereocenters. The lowest BCUT2D eigenvalue weighted by molar-refractivity contribution is -0.147. The van der Waals surface area contributed by atoms with Gasteiger partial charge < -0.3 is 14.4 Å². The summed E-state index contributed by atoms with van der Waals surface area (Å²) in [5.74, 6) is 0.461. The highest BCUT2D eigenvalue weighted by Gasteiger charge is 2.35. The summed E-state index contributed by atoms with van der Waals surface area (Å²) >= 11 is 0. The summed E-state index contributed by atoms with van der Waals surface area (Å²) in [4.78, 5) is 26.2. The average Bonchev–Trinajstić information content (AvgIpc) is 3.14. The Labute approximate surface area is 123 Å². The fraction of sp³-hybridized carbons (Fsp3) is 0.500. The van der Waals surface area contributed by atoms with Gasteiger partial charge in [0.2, 0.25) is 0 Å². The number of esters is 1. The molecule has 0 N–H and O–H groups in total. The first kappa shape index (κ1) is 13.9. The molecule has 0 aliphatic carbocycles. The predicted molar refractivity (Wildman–Crippen MR) is 76.3 cm³/mol. The first-order valence-corrected chi connectivity index (χ1v) is 7.44. The van der Waals surface area contributed by atoms with Crippen LogP contribution in [0.5, 0.6) is 5.75 Å². The molecule has 2 aliphatic rings. The molecule has 21 heavy (non-hydrogen) atoms. The van der Waals surface area contributed by atoms with Crippen molar-refractivity contribution in [2.75, 3.05) is 19.8 Å². The van der Waals surface area contributed by atoms with Gasteiger partial charge in [-0.2, -0.15) is 0 Å². The highest BCUT2D eigenvalue weighted by atomic mass is 16.5. The van der Waals surface area contributed by atoms with Crippen LogP contribution in [-0.2, 0) is 16.0 Å². The summed E-state index contributed by atoms with van der Waals surface area (Å²) < 4.78 is 10.5. The quantitative estimate of drug-likeness (QED) is 0.796. The van der Waals surface area contributed by atoms with E-state index < -0.39 is 6.04 Å². The van der Waals surface area contributed by atoms with Gasteiger partial charge in [-0.15, -0.1) is 0 Å². The number of nitrogens with zero attached hydrogens (tertiary/aromatic N) is 1. The van der Waals surface area contributed by atoms with Gasteiger partial charge in [-0.1, -0.05) is 0 Å². The first-order chi connectivity index (χ1) is 10.2. The molecular formula is C16H19NO4. The number of hydrogen-bond donors (Lipinski definition) is 0. The second-order valence-electron chi connectivity index (χ2n) is 5.33. The molecule has 112 valence electrons. The van der Waals surface area contributed by atoms with Crippen molar-refractivity contribution in [1.82, 2.24) is 4.90 Å². The molecule has 1 amide bonds. The van der Waals surface area contributed by atoms with Crippen LogP contribution >= 0.6 is 0 Å². The molecule has 0 spiro atoms. The SMILES string of the molecule is CCOC(=O)C1CCCN1C(=O)c1ccc2c(c1)CCO2. The molecule has 1 aromatic carbocycles. The largest absolute Gasteiger partial charge is 0.493 e. The van der Waals surface area contributed by atoms with Crippen molar-refractivity contribution in [3.63, 3.8) is 0 Å². The Morgan fingerprint density at radius 1 is 1.43 bits per heavy atom. The van der Waals surface area contributed by atoms with Crippen molar-refractivity contribution in [3.8, 4) is 5.75 Å². The van der Waals surface area contributed by atoms with Gasteiger partial charge in [0, 0.05) is 18.5 Å². The lowest BCUT2D eigenvalue weighted by Crippen LogP contribution is -2.41. The number of amides is 1. The molecular weight excluding hydrogens is 270 g/mol. The number of carbonyl (C=O) groups excluding carboxylic acids is 2. The summed E-state index contributed by atoms with van der Waals surface area (Å²) in [5.41, 5.74) is 1.68. The Morgan fingerprint density at radius 2 is 2.29 bits per heavy atom. The molecule has 0 saturated carbocycles. The van der Waals surface area contributed by atoms with Crippen molar-refractivity contribution >= 4 is 11.9 Å². The van der Waals surface area contributed by atoms with E-state index in [1.54, 1.807) is 17.9 Å². The van der Waals surface area contributed by atoms with Gasteiger partial charge in [0.15, 0.2) is 0 Å². The van der Waals surface area contributed by atoms with Crippen LogP contribution in [0.2, 0.25) is 0 Å². The Morgan fingerprint density at radius 3 is 3.10 bits per heavy atom. The first-order valence-electron chi connectivity index (χ1n) is 7.44. The molecule has 1 aromatic rings. The molecule has 0 radical (unpaired) electrons. The fourth-order valence-corrected chi connectivity index (χ4v) is 2.98. The minimum absolute atomic E-state index is 0.0970. The molecule has 1 fully saturated rings. The maximum absolute atomic E-state index is 12.6. The lowest BCUT2D eigenvalue weighted by Gasteiger charge is -2.23. The summed E-state index contributed by atoms with van der Waals surface area (Å²) in [5, 5.41) is 0. The van der Waals surface area contributed by atoms with Gasteiger partial charge in [-0.05, 0) is 43.5 Å². The molecule has 1 atom stereocenters. The maximum atomic E-state index is 12.6. The summed E-state index contributed by atoms with van der Waals surface area (Å²) in [6.45, 7) is 3.39. The molecule has 5 heteroatoms. The second-order valence-corrected chi connectivity index (χ2v) is 5.33. The Kier molecular flexibility index (Phi) is 3.82. The topological polar surface area (TPSA) is 55.8 Å². The smallest absolute Gasteiger partial charge is 0.328 e. The zero-order chi connectivity index (χ0) is 14.8. The minimum atomic E-state index is -0.443. The van der Waals surface area contributed by atoms with Crippen LogP contribution in [0.1, 0.15) is 35.7 Å².